The highest BCUT2D eigenvalue weighted by Gasteiger charge is 2.09. The van der Waals surface area contributed by atoms with Crippen LogP contribution in [0.1, 0.15) is 6.92 Å². The zero-order valence-corrected chi connectivity index (χ0v) is 9.15. The van der Waals surface area contributed by atoms with Crippen LogP contribution in [0.15, 0.2) is 22.0 Å². The van der Waals surface area contributed by atoms with Crippen LogP contribution in [0.25, 0.3) is 0 Å². The molecular formula is C8H14Cl2N2O. The van der Waals surface area contributed by atoms with Gasteiger partial charge in [-0.3, -0.25) is 0 Å². The van der Waals surface area contributed by atoms with Crippen molar-refractivity contribution < 1.29 is 5.11 Å². The van der Waals surface area contributed by atoms with Crippen LogP contribution in [-0.2, 0) is 0 Å². The van der Waals surface area contributed by atoms with E-state index < -0.39 is 0 Å². The SMILES string of the molecule is CNC(Cl)=CC(=C(N)Cl)C(C)CO. The van der Waals surface area contributed by atoms with Gasteiger partial charge in [0.25, 0.3) is 0 Å². The lowest BCUT2D eigenvalue weighted by Gasteiger charge is -2.10. The van der Waals surface area contributed by atoms with Crippen molar-refractivity contribution >= 4 is 23.2 Å². The van der Waals surface area contributed by atoms with Crippen molar-refractivity contribution in [2.24, 2.45) is 11.7 Å². The molecule has 0 aliphatic carbocycles. The Morgan fingerprint density at radius 1 is 1.62 bits per heavy atom. The Hall–Kier alpha value is -0.380. The standard InChI is InChI=1S/C8H14Cl2N2O/c1-5(4-13)6(8(10)11)3-7(9)12-2/h3,5,12-13H,4,11H2,1-2H3. The summed E-state index contributed by atoms with van der Waals surface area (Å²) in [5.74, 6) is -0.125. The Kier molecular flexibility index (Phi) is 5.95. The lowest BCUT2D eigenvalue weighted by molar-refractivity contribution is 0.257. The molecule has 0 saturated carbocycles. The molecule has 5 heteroatoms. The molecule has 1 unspecified atom stereocenters. The topological polar surface area (TPSA) is 58.3 Å². The number of nitrogens with one attached hydrogen (secondary N) is 1. The van der Waals surface area contributed by atoms with E-state index in [1.165, 1.54) is 0 Å². The molecule has 13 heavy (non-hydrogen) atoms. The van der Waals surface area contributed by atoms with E-state index in [-0.39, 0.29) is 17.7 Å². The number of allylic oxidation sites excluding steroid dienone is 1. The molecule has 1 atom stereocenters. The fraction of sp³-hybridized carbons (Fsp3) is 0.500. The first kappa shape index (κ1) is 12.6. The normalized spacial score (nSPS) is 16.5. The van der Waals surface area contributed by atoms with Gasteiger partial charge in [-0.2, -0.15) is 0 Å². The van der Waals surface area contributed by atoms with Gasteiger partial charge >= 0.3 is 0 Å². The van der Waals surface area contributed by atoms with Crippen LogP contribution in [0.5, 0.6) is 0 Å². The van der Waals surface area contributed by atoms with Crippen LogP contribution in [0.3, 0.4) is 0 Å². The molecule has 0 heterocycles. The Morgan fingerprint density at radius 2 is 2.15 bits per heavy atom. The molecule has 0 spiro atoms. The zero-order chi connectivity index (χ0) is 10.4. The van der Waals surface area contributed by atoms with E-state index in [9.17, 15) is 0 Å². The first-order valence-corrected chi connectivity index (χ1v) is 4.59. The lowest BCUT2D eigenvalue weighted by atomic mass is 10.0. The highest BCUT2D eigenvalue weighted by molar-refractivity contribution is 6.31. The molecule has 76 valence electrons. The van der Waals surface area contributed by atoms with E-state index in [0.29, 0.717) is 10.7 Å². The maximum absolute atomic E-state index is 8.90. The summed E-state index contributed by atoms with van der Waals surface area (Å²) in [5, 5.41) is 12.2. The van der Waals surface area contributed by atoms with Gasteiger partial charge < -0.3 is 16.2 Å². The van der Waals surface area contributed by atoms with Crippen LogP contribution in [0, 0.1) is 5.92 Å². The summed E-state index contributed by atoms with van der Waals surface area (Å²) < 4.78 is 0. The molecule has 0 amide bonds. The average Bonchev–Trinajstić information content (AvgIpc) is 2.11. The molecule has 0 rings (SSSR count). The van der Waals surface area contributed by atoms with Crippen LogP contribution in [-0.4, -0.2) is 18.8 Å². The molecule has 0 aromatic heterocycles. The third-order valence-corrected chi connectivity index (χ3v) is 2.12. The number of rotatable bonds is 4. The molecule has 4 N–H and O–H groups in total. The predicted molar refractivity (Wildman–Crippen MR) is 56.3 cm³/mol. The molecule has 0 aromatic carbocycles. The van der Waals surface area contributed by atoms with E-state index in [2.05, 4.69) is 5.32 Å². The average molecular weight is 225 g/mol. The Labute approximate surface area is 88.2 Å². The fourth-order valence-corrected chi connectivity index (χ4v) is 1.11. The summed E-state index contributed by atoms with van der Waals surface area (Å²) in [7, 11) is 1.69. The fourth-order valence-electron chi connectivity index (χ4n) is 0.754. The second-order valence-electron chi connectivity index (χ2n) is 2.63. The maximum atomic E-state index is 8.90. The molecule has 0 aromatic rings. The van der Waals surface area contributed by atoms with E-state index in [4.69, 9.17) is 34.0 Å². The summed E-state index contributed by atoms with van der Waals surface area (Å²) in [6, 6.07) is 0. The first-order valence-electron chi connectivity index (χ1n) is 3.83. The van der Waals surface area contributed by atoms with Crippen LogP contribution < -0.4 is 11.1 Å². The van der Waals surface area contributed by atoms with Gasteiger partial charge in [-0.25, -0.2) is 0 Å². The van der Waals surface area contributed by atoms with Gasteiger partial charge in [0, 0.05) is 19.6 Å². The summed E-state index contributed by atoms with van der Waals surface area (Å²) in [6.45, 7) is 1.79. The van der Waals surface area contributed by atoms with Gasteiger partial charge in [0.2, 0.25) is 0 Å². The van der Waals surface area contributed by atoms with Gasteiger partial charge in [-0.1, -0.05) is 30.1 Å². The monoisotopic (exact) mass is 224 g/mol. The zero-order valence-electron chi connectivity index (χ0n) is 7.64. The Balaban J connectivity index is 4.76. The molecule has 0 aliphatic rings. The van der Waals surface area contributed by atoms with E-state index >= 15 is 0 Å². The van der Waals surface area contributed by atoms with Crippen molar-refractivity contribution in [1.82, 2.24) is 5.32 Å². The summed E-state index contributed by atoms with van der Waals surface area (Å²) >= 11 is 11.4. The van der Waals surface area contributed by atoms with E-state index in [1.54, 1.807) is 20.0 Å². The molecule has 0 bridgehead atoms. The Morgan fingerprint density at radius 3 is 2.46 bits per heavy atom. The second kappa shape index (κ2) is 6.13. The minimum absolute atomic E-state index is 0.0207. The Bertz CT molecular complexity index is 222. The molecular weight excluding hydrogens is 211 g/mol. The lowest BCUT2D eigenvalue weighted by Crippen LogP contribution is -2.10. The summed E-state index contributed by atoms with van der Waals surface area (Å²) in [6.07, 6.45) is 1.60. The van der Waals surface area contributed by atoms with Crippen LogP contribution in [0.4, 0.5) is 0 Å². The van der Waals surface area contributed by atoms with Crippen LogP contribution >= 0.6 is 23.2 Å². The number of halogens is 2. The number of nitrogens with two attached hydrogens (primary N) is 1. The van der Waals surface area contributed by atoms with Crippen molar-refractivity contribution in [3.05, 3.63) is 22.0 Å². The first-order chi connectivity index (χ1) is 6.02. The minimum Gasteiger partial charge on any atom is -0.396 e. The summed E-state index contributed by atoms with van der Waals surface area (Å²) in [5.41, 5.74) is 6.05. The molecule has 3 nitrogen and oxygen atoms in total. The van der Waals surface area contributed by atoms with Gasteiger partial charge in [-0.05, 0) is 11.6 Å². The third kappa shape index (κ3) is 4.41. The number of hydrogen-bond donors (Lipinski definition) is 3. The van der Waals surface area contributed by atoms with Crippen LogP contribution in [0.2, 0.25) is 0 Å². The van der Waals surface area contributed by atoms with Crippen molar-refractivity contribution in [2.45, 2.75) is 6.92 Å². The molecule has 0 aliphatic heterocycles. The molecule has 0 fully saturated rings. The molecule has 0 radical (unpaired) electrons. The van der Waals surface area contributed by atoms with E-state index in [1.807, 2.05) is 0 Å². The smallest absolute Gasteiger partial charge is 0.103 e. The predicted octanol–water partition coefficient (Wildman–Crippen LogP) is 1.32. The number of aliphatic hydroxyl groups is 1. The van der Waals surface area contributed by atoms with Crippen molar-refractivity contribution in [1.29, 1.82) is 0 Å². The van der Waals surface area contributed by atoms with Gasteiger partial charge in [0.05, 0.1) is 0 Å². The van der Waals surface area contributed by atoms with Crippen molar-refractivity contribution in [2.75, 3.05) is 13.7 Å². The molecule has 0 saturated heterocycles. The number of aliphatic hydroxyl groups excluding tert-OH is 1. The van der Waals surface area contributed by atoms with Gasteiger partial charge in [0.15, 0.2) is 0 Å². The minimum atomic E-state index is -0.125. The quantitative estimate of drug-likeness (QED) is 0.499. The summed E-state index contributed by atoms with van der Waals surface area (Å²) in [4.78, 5) is 0. The van der Waals surface area contributed by atoms with Crippen molar-refractivity contribution in [3.63, 3.8) is 0 Å². The third-order valence-electron chi connectivity index (χ3n) is 1.60. The van der Waals surface area contributed by atoms with Gasteiger partial charge in [-0.15, -0.1) is 0 Å². The second-order valence-corrected chi connectivity index (χ2v) is 3.44. The highest BCUT2D eigenvalue weighted by atomic mass is 35.5. The maximum Gasteiger partial charge on any atom is 0.103 e. The number of hydrogen-bond acceptors (Lipinski definition) is 3. The van der Waals surface area contributed by atoms with E-state index in [0.717, 1.165) is 0 Å². The van der Waals surface area contributed by atoms with Crippen molar-refractivity contribution in [3.8, 4) is 0 Å². The largest absolute Gasteiger partial charge is 0.396 e. The van der Waals surface area contributed by atoms with Gasteiger partial charge in [0.1, 0.15) is 10.3 Å². The highest BCUT2D eigenvalue weighted by Crippen LogP contribution is 2.18.